The Morgan fingerprint density at radius 2 is 2.04 bits per heavy atom. The Bertz CT molecular complexity index is 577. The Balaban J connectivity index is 0.00000264. The van der Waals surface area contributed by atoms with Crippen LogP contribution in [0.3, 0.4) is 0 Å². The van der Waals surface area contributed by atoms with Gasteiger partial charge in [-0.05, 0) is 5.56 Å². The Kier molecular flexibility index (Phi) is 8.49. The number of carbonyl (C=O) groups excluding carboxylic acids is 1. The number of nitrogens with one attached hydrogen (secondary N) is 3. The molecule has 1 heterocycles. The van der Waals surface area contributed by atoms with Crippen molar-refractivity contribution in [3.8, 4) is 0 Å². The number of morpholine rings is 1. The molecule has 1 aliphatic rings. The fourth-order valence-corrected chi connectivity index (χ4v) is 2.92. The second kappa shape index (κ2) is 9.84. The van der Waals surface area contributed by atoms with E-state index in [-0.39, 0.29) is 37.2 Å². The first-order valence-corrected chi connectivity index (χ1v) is 8.83. The number of rotatable bonds is 7. The maximum atomic E-state index is 11.9. The minimum atomic E-state index is -3.43. The van der Waals surface area contributed by atoms with Crippen molar-refractivity contribution in [1.29, 1.82) is 0 Å². The molecule has 9 heteroatoms. The van der Waals surface area contributed by atoms with Crippen molar-refractivity contribution in [2.75, 3.05) is 32.0 Å². The molecule has 1 unspecified atom stereocenters. The largest absolute Gasteiger partial charge is 0.366 e. The van der Waals surface area contributed by atoms with E-state index in [0.717, 1.165) is 12.1 Å². The van der Waals surface area contributed by atoms with Crippen LogP contribution in [0.4, 0.5) is 0 Å². The van der Waals surface area contributed by atoms with E-state index in [0.29, 0.717) is 13.2 Å². The molecule has 0 saturated carbocycles. The standard InChI is InChI=1S/C14H21N3O4S.ClH/c18-14(13-11-15-6-8-21-13)16-7-9-22(19,20)17-10-12-4-2-1-3-5-12;/h1-5,13,15,17H,6-11H2,(H,16,18);1H. The highest BCUT2D eigenvalue weighted by Gasteiger charge is 2.21. The van der Waals surface area contributed by atoms with E-state index in [1.54, 1.807) is 0 Å². The van der Waals surface area contributed by atoms with Crippen LogP contribution >= 0.6 is 12.4 Å². The summed E-state index contributed by atoms with van der Waals surface area (Å²) < 4.78 is 31.5. The number of benzene rings is 1. The third kappa shape index (κ3) is 7.28. The number of amides is 1. The van der Waals surface area contributed by atoms with Crippen LogP contribution in [0.2, 0.25) is 0 Å². The first kappa shape index (κ1) is 19.9. The average molecular weight is 364 g/mol. The fourth-order valence-electron chi connectivity index (χ4n) is 2.02. The quantitative estimate of drug-likeness (QED) is 0.614. The average Bonchev–Trinajstić information content (AvgIpc) is 2.55. The smallest absolute Gasteiger partial charge is 0.250 e. The normalized spacial score (nSPS) is 18.0. The Hall–Kier alpha value is -1.19. The van der Waals surface area contributed by atoms with Crippen LogP contribution in [0.25, 0.3) is 0 Å². The summed E-state index contributed by atoms with van der Waals surface area (Å²) in [4.78, 5) is 11.8. The van der Waals surface area contributed by atoms with Gasteiger partial charge in [-0.15, -0.1) is 12.4 Å². The molecule has 0 bridgehead atoms. The Morgan fingerprint density at radius 3 is 2.70 bits per heavy atom. The van der Waals surface area contributed by atoms with Gasteiger partial charge in [-0.2, -0.15) is 0 Å². The summed E-state index contributed by atoms with van der Waals surface area (Å²) in [5.41, 5.74) is 0.886. The number of hydrogen-bond donors (Lipinski definition) is 3. The van der Waals surface area contributed by atoms with Crippen LogP contribution < -0.4 is 15.4 Å². The van der Waals surface area contributed by atoms with E-state index in [1.807, 2.05) is 30.3 Å². The van der Waals surface area contributed by atoms with E-state index in [4.69, 9.17) is 4.74 Å². The summed E-state index contributed by atoms with van der Waals surface area (Å²) in [5.74, 6) is -0.448. The maximum Gasteiger partial charge on any atom is 0.250 e. The van der Waals surface area contributed by atoms with Crippen LogP contribution in [0.15, 0.2) is 30.3 Å². The molecule has 1 amide bonds. The van der Waals surface area contributed by atoms with Crippen molar-refractivity contribution in [3.63, 3.8) is 0 Å². The summed E-state index contributed by atoms with van der Waals surface area (Å²) in [6.07, 6.45) is -0.547. The number of hydrogen-bond acceptors (Lipinski definition) is 5. The second-order valence-electron chi connectivity index (χ2n) is 4.98. The van der Waals surface area contributed by atoms with Crippen LogP contribution in [0.1, 0.15) is 5.56 Å². The molecule has 1 aliphatic heterocycles. The minimum Gasteiger partial charge on any atom is -0.366 e. The van der Waals surface area contributed by atoms with Crippen molar-refractivity contribution < 1.29 is 17.9 Å². The number of halogens is 1. The molecular formula is C14H22ClN3O4S. The van der Waals surface area contributed by atoms with E-state index < -0.39 is 16.1 Å². The van der Waals surface area contributed by atoms with Gasteiger partial charge in [0.15, 0.2) is 0 Å². The second-order valence-corrected chi connectivity index (χ2v) is 6.91. The number of carbonyl (C=O) groups is 1. The molecule has 1 saturated heterocycles. The molecule has 23 heavy (non-hydrogen) atoms. The highest BCUT2D eigenvalue weighted by molar-refractivity contribution is 7.89. The lowest BCUT2D eigenvalue weighted by molar-refractivity contribution is -0.134. The molecule has 0 aliphatic carbocycles. The first-order valence-electron chi connectivity index (χ1n) is 7.18. The lowest BCUT2D eigenvalue weighted by Crippen LogP contribution is -2.48. The zero-order chi connectivity index (χ0) is 15.8. The topological polar surface area (TPSA) is 96.5 Å². The number of sulfonamides is 1. The van der Waals surface area contributed by atoms with Gasteiger partial charge in [-0.1, -0.05) is 30.3 Å². The summed E-state index contributed by atoms with van der Waals surface area (Å²) in [6, 6.07) is 9.26. The zero-order valence-electron chi connectivity index (χ0n) is 12.7. The van der Waals surface area contributed by atoms with Crippen LogP contribution in [0, 0.1) is 0 Å². The SMILES string of the molecule is Cl.O=C(NCCS(=O)(=O)NCc1ccccc1)C1CNCCO1. The molecule has 1 fully saturated rings. The van der Waals surface area contributed by atoms with Crippen molar-refractivity contribution in [3.05, 3.63) is 35.9 Å². The fraction of sp³-hybridized carbons (Fsp3) is 0.500. The monoisotopic (exact) mass is 363 g/mol. The third-order valence-electron chi connectivity index (χ3n) is 3.23. The van der Waals surface area contributed by atoms with Gasteiger partial charge >= 0.3 is 0 Å². The van der Waals surface area contributed by atoms with Crippen molar-refractivity contribution in [2.24, 2.45) is 0 Å². The molecule has 0 aromatic heterocycles. The molecule has 3 N–H and O–H groups in total. The van der Waals surface area contributed by atoms with Gasteiger partial charge in [0.25, 0.3) is 0 Å². The molecular weight excluding hydrogens is 342 g/mol. The lowest BCUT2D eigenvalue weighted by atomic mass is 10.2. The van der Waals surface area contributed by atoms with E-state index in [1.165, 1.54) is 0 Å². The van der Waals surface area contributed by atoms with Gasteiger partial charge < -0.3 is 15.4 Å². The third-order valence-corrected chi connectivity index (χ3v) is 4.55. The van der Waals surface area contributed by atoms with Crippen LogP contribution in [0.5, 0.6) is 0 Å². The molecule has 130 valence electrons. The number of ether oxygens (including phenoxy) is 1. The summed E-state index contributed by atoms with van der Waals surface area (Å²) in [5, 5.41) is 5.63. The Morgan fingerprint density at radius 1 is 1.30 bits per heavy atom. The minimum absolute atomic E-state index is 0. The molecule has 1 atom stereocenters. The van der Waals surface area contributed by atoms with Gasteiger partial charge in [-0.3, -0.25) is 4.79 Å². The van der Waals surface area contributed by atoms with Gasteiger partial charge in [0, 0.05) is 26.2 Å². The first-order chi connectivity index (χ1) is 10.6. The van der Waals surface area contributed by atoms with Crippen molar-refractivity contribution >= 4 is 28.3 Å². The van der Waals surface area contributed by atoms with E-state index >= 15 is 0 Å². The van der Waals surface area contributed by atoms with Gasteiger partial charge in [0.1, 0.15) is 6.10 Å². The summed E-state index contributed by atoms with van der Waals surface area (Å²) >= 11 is 0. The lowest BCUT2D eigenvalue weighted by Gasteiger charge is -2.22. The molecule has 0 radical (unpaired) electrons. The van der Waals surface area contributed by atoms with E-state index in [9.17, 15) is 13.2 Å². The summed E-state index contributed by atoms with van der Waals surface area (Å²) in [6.45, 7) is 1.96. The van der Waals surface area contributed by atoms with Crippen LogP contribution in [-0.4, -0.2) is 52.4 Å². The van der Waals surface area contributed by atoms with E-state index in [2.05, 4.69) is 15.4 Å². The molecule has 1 aromatic carbocycles. The molecule has 2 rings (SSSR count). The van der Waals surface area contributed by atoms with Gasteiger partial charge in [0.2, 0.25) is 15.9 Å². The van der Waals surface area contributed by atoms with Crippen molar-refractivity contribution in [2.45, 2.75) is 12.6 Å². The summed E-state index contributed by atoms with van der Waals surface area (Å²) in [7, 11) is -3.43. The predicted molar refractivity (Wildman–Crippen MR) is 89.9 cm³/mol. The maximum absolute atomic E-state index is 11.9. The highest BCUT2D eigenvalue weighted by Crippen LogP contribution is 1.99. The zero-order valence-corrected chi connectivity index (χ0v) is 14.3. The predicted octanol–water partition coefficient (Wildman–Crippen LogP) is -0.368. The Labute approximate surface area is 142 Å². The van der Waals surface area contributed by atoms with Crippen molar-refractivity contribution in [1.82, 2.24) is 15.4 Å². The van der Waals surface area contributed by atoms with Gasteiger partial charge in [0.05, 0.1) is 12.4 Å². The highest BCUT2D eigenvalue weighted by atomic mass is 35.5. The molecule has 7 nitrogen and oxygen atoms in total. The molecule has 1 aromatic rings. The van der Waals surface area contributed by atoms with Crippen LogP contribution in [-0.2, 0) is 26.1 Å². The molecule has 0 spiro atoms. The van der Waals surface area contributed by atoms with Gasteiger partial charge in [-0.25, -0.2) is 13.1 Å².